The van der Waals surface area contributed by atoms with Crippen molar-refractivity contribution in [2.24, 2.45) is 0 Å². The molecule has 0 bridgehead atoms. The molecule has 0 saturated carbocycles. The normalized spacial score (nSPS) is 18.5. The van der Waals surface area contributed by atoms with E-state index in [2.05, 4.69) is 10.4 Å². The maximum atomic E-state index is 13.0. The number of anilines is 1. The lowest BCUT2D eigenvalue weighted by Gasteiger charge is -2.22. The highest BCUT2D eigenvalue weighted by Crippen LogP contribution is 2.23. The van der Waals surface area contributed by atoms with E-state index in [4.69, 9.17) is 21.1 Å². The highest BCUT2D eigenvalue weighted by atomic mass is 35.5. The summed E-state index contributed by atoms with van der Waals surface area (Å²) in [4.78, 5) is 12.7. The van der Waals surface area contributed by atoms with Gasteiger partial charge in [-0.1, -0.05) is 11.6 Å². The first-order valence-corrected chi connectivity index (χ1v) is 11.3. The van der Waals surface area contributed by atoms with E-state index < -0.39 is 16.4 Å². The summed E-state index contributed by atoms with van der Waals surface area (Å²) < 4.78 is 37.2. The van der Waals surface area contributed by atoms with E-state index in [0.717, 1.165) is 0 Å². The minimum atomic E-state index is -0.981. The zero-order chi connectivity index (χ0) is 21.8. The van der Waals surface area contributed by atoms with Gasteiger partial charge in [0.15, 0.2) is 0 Å². The first kappa shape index (κ1) is 21.5. The summed E-state index contributed by atoms with van der Waals surface area (Å²) in [5, 5.41) is 7.05. The van der Waals surface area contributed by atoms with Crippen molar-refractivity contribution < 1.29 is 18.1 Å². The fourth-order valence-electron chi connectivity index (χ4n) is 3.01. The van der Waals surface area contributed by atoms with Crippen LogP contribution in [-0.4, -0.2) is 44.8 Å². The number of nitrogens with zero attached hydrogens (tertiary/aromatic N) is 2. The molecule has 0 radical (unpaired) electrons. The van der Waals surface area contributed by atoms with Gasteiger partial charge >= 0.3 is 0 Å². The molecule has 10 heteroatoms. The Morgan fingerprint density at radius 1 is 1.19 bits per heavy atom. The maximum absolute atomic E-state index is 13.0. The summed E-state index contributed by atoms with van der Waals surface area (Å²) in [6, 6.07) is 12.3. The second-order valence-electron chi connectivity index (χ2n) is 6.80. The molecule has 2 aromatic carbocycles. The minimum absolute atomic E-state index is 0.0100. The van der Waals surface area contributed by atoms with E-state index in [1.54, 1.807) is 24.3 Å². The zero-order valence-electron chi connectivity index (χ0n) is 16.3. The number of hydrogen-bond donors (Lipinski definition) is 1. The van der Waals surface area contributed by atoms with Crippen LogP contribution in [0, 0.1) is 5.82 Å². The van der Waals surface area contributed by atoms with E-state index in [1.165, 1.54) is 35.1 Å². The fraction of sp³-hybridized carbons (Fsp3) is 0.238. The van der Waals surface area contributed by atoms with Crippen LogP contribution in [0.25, 0.3) is 5.69 Å². The standard InChI is InChI=1S/C21H19ClFN3O4S/c22-20-19(24-11-18-13-29-9-10-31(18)28)12-25-26(21(20)27)15-3-7-17(8-4-15)30-16-5-1-14(23)2-6-16/h1-8,12,18,24H,9-11,13H2/t18-,31-/m1/s1. The number of nitrogens with one attached hydrogen (secondary N) is 1. The van der Waals surface area contributed by atoms with Gasteiger partial charge in [0, 0.05) is 23.1 Å². The minimum Gasteiger partial charge on any atom is -0.457 e. The highest BCUT2D eigenvalue weighted by molar-refractivity contribution is 7.85. The molecular weight excluding hydrogens is 445 g/mol. The Morgan fingerprint density at radius 2 is 1.87 bits per heavy atom. The van der Waals surface area contributed by atoms with Crippen molar-refractivity contribution in [1.29, 1.82) is 0 Å². The summed E-state index contributed by atoms with van der Waals surface area (Å²) >= 11 is 6.26. The Bertz CT molecular complexity index is 1140. The Kier molecular flexibility index (Phi) is 6.64. The number of rotatable bonds is 6. The molecule has 7 nitrogen and oxygen atoms in total. The van der Waals surface area contributed by atoms with Crippen molar-refractivity contribution in [2.75, 3.05) is 30.8 Å². The number of hydrogen-bond acceptors (Lipinski definition) is 6. The molecule has 1 aliphatic heterocycles. The molecule has 1 aliphatic rings. The number of ether oxygens (including phenoxy) is 2. The second kappa shape index (κ2) is 9.59. The van der Waals surface area contributed by atoms with Crippen LogP contribution in [0.4, 0.5) is 10.1 Å². The zero-order valence-corrected chi connectivity index (χ0v) is 17.9. The molecule has 0 spiro atoms. The van der Waals surface area contributed by atoms with Gasteiger partial charge in [0.1, 0.15) is 22.3 Å². The molecule has 162 valence electrons. The monoisotopic (exact) mass is 463 g/mol. The van der Waals surface area contributed by atoms with Crippen LogP contribution in [0.3, 0.4) is 0 Å². The molecule has 3 aromatic rings. The van der Waals surface area contributed by atoms with Crippen LogP contribution in [0.2, 0.25) is 5.02 Å². The van der Waals surface area contributed by atoms with Crippen LogP contribution < -0.4 is 15.6 Å². The Morgan fingerprint density at radius 3 is 2.55 bits per heavy atom. The summed E-state index contributed by atoms with van der Waals surface area (Å²) in [6.07, 6.45) is 1.46. The smallest absolute Gasteiger partial charge is 0.292 e. The van der Waals surface area contributed by atoms with Crippen LogP contribution >= 0.6 is 11.6 Å². The number of aromatic nitrogens is 2. The SMILES string of the molecule is O=c1c(Cl)c(NC[C@@H]2COCC[S@]2=O)cnn1-c1ccc(Oc2ccc(F)cc2)cc1. The molecule has 1 N–H and O–H groups in total. The molecule has 0 unspecified atom stereocenters. The van der Waals surface area contributed by atoms with Crippen molar-refractivity contribution >= 4 is 28.1 Å². The summed E-state index contributed by atoms with van der Waals surface area (Å²) in [5.41, 5.74) is 0.397. The van der Waals surface area contributed by atoms with E-state index >= 15 is 0 Å². The van der Waals surface area contributed by atoms with Crippen LogP contribution in [0.5, 0.6) is 11.5 Å². The van der Waals surface area contributed by atoms with Crippen molar-refractivity contribution in [3.8, 4) is 17.2 Å². The predicted octanol–water partition coefficient (Wildman–Crippen LogP) is 3.38. The van der Waals surface area contributed by atoms with Crippen molar-refractivity contribution in [2.45, 2.75) is 5.25 Å². The van der Waals surface area contributed by atoms with Gasteiger partial charge in [-0.3, -0.25) is 9.00 Å². The molecule has 4 rings (SSSR count). The Balaban J connectivity index is 1.46. The third-order valence-corrected chi connectivity index (χ3v) is 6.65. The molecule has 1 saturated heterocycles. The van der Waals surface area contributed by atoms with Crippen molar-refractivity contribution in [3.63, 3.8) is 0 Å². The largest absolute Gasteiger partial charge is 0.457 e. The first-order chi connectivity index (χ1) is 15.0. The van der Waals surface area contributed by atoms with Gasteiger partial charge in [-0.2, -0.15) is 9.78 Å². The van der Waals surface area contributed by atoms with Gasteiger partial charge in [0.25, 0.3) is 5.56 Å². The topological polar surface area (TPSA) is 82.5 Å². The molecule has 2 heterocycles. The van der Waals surface area contributed by atoms with E-state index in [1.807, 2.05) is 0 Å². The number of halogens is 2. The van der Waals surface area contributed by atoms with Gasteiger partial charge in [-0.25, -0.2) is 4.39 Å². The van der Waals surface area contributed by atoms with Gasteiger partial charge < -0.3 is 14.8 Å². The average Bonchev–Trinajstić information content (AvgIpc) is 2.78. The van der Waals surface area contributed by atoms with Crippen LogP contribution in [-0.2, 0) is 15.5 Å². The summed E-state index contributed by atoms with van der Waals surface area (Å²) in [5.74, 6) is 1.17. The first-order valence-electron chi connectivity index (χ1n) is 9.52. The third-order valence-electron chi connectivity index (χ3n) is 4.67. The van der Waals surface area contributed by atoms with Crippen molar-refractivity contribution in [3.05, 3.63) is 75.9 Å². The van der Waals surface area contributed by atoms with E-state index in [-0.39, 0.29) is 16.1 Å². The molecule has 1 fully saturated rings. The van der Waals surface area contributed by atoms with Crippen LogP contribution in [0.15, 0.2) is 59.5 Å². The lowest BCUT2D eigenvalue weighted by atomic mass is 10.3. The summed E-state index contributed by atoms with van der Waals surface area (Å²) in [7, 11) is -0.981. The molecule has 1 aromatic heterocycles. The molecular formula is C21H19ClFN3O4S. The third kappa shape index (κ3) is 5.12. The summed E-state index contributed by atoms with van der Waals surface area (Å²) in [6.45, 7) is 1.26. The quantitative estimate of drug-likeness (QED) is 0.603. The second-order valence-corrected chi connectivity index (χ2v) is 9.02. The van der Waals surface area contributed by atoms with Gasteiger partial charge in [-0.15, -0.1) is 0 Å². The fourth-order valence-corrected chi connectivity index (χ4v) is 4.34. The van der Waals surface area contributed by atoms with Gasteiger partial charge in [-0.05, 0) is 48.5 Å². The molecule has 31 heavy (non-hydrogen) atoms. The predicted molar refractivity (Wildman–Crippen MR) is 117 cm³/mol. The maximum Gasteiger partial charge on any atom is 0.292 e. The molecule has 2 atom stereocenters. The lowest BCUT2D eigenvalue weighted by Crippen LogP contribution is -2.37. The van der Waals surface area contributed by atoms with E-state index in [9.17, 15) is 13.4 Å². The van der Waals surface area contributed by atoms with Gasteiger partial charge in [0.05, 0.1) is 36.0 Å². The highest BCUT2D eigenvalue weighted by Gasteiger charge is 2.22. The number of benzene rings is 2. The Hall–Kier alpha value is -2.75. The molecule has 0 aliphatic carbocycles. The average molecular weight is 464 g/mol. The van der Waals surface area contributed by atoms with Crippen LogP contribution in [0.1, 0.15) is 0 Å². The Labute approximate surface area is 185 Å². The lowest BCUT2D eigenvalue weighted by molar-refractivity contribution is 0.142. The molecule has 0 amide bonds. The van der Waals surface area contributed by atoms with Crippen molar-refractivity contribution in [1.82, 2.24) is 9.78 Å². The van der Waals surface area contributed by atoms with Gasteiger partial charge in [0.2, 0.25) is 0 Å². The van der Waals surface area contributed by atoms with E-state index in [0.29, 0.717) is 48.4 Å².